The lowest BCUT2D eigenvalue weighted by molar-refractivity contribution is -0.134. The zero-order valence-corrected chi connectivity index (χ0v) is 31.0. The number of aliphatic hydroxyl groups is 1. The Bertz CT molecular complexity index is 2140. The van der Waals surface area contributed by atoms with Crippen LogP contribution < -0.4 is 25.8 Å². The first-order valence-electron chi connectivity index (χ1n) is 19.2. The molecule has 4 aliphatic rings. The summed E-state index contributed by atoms with van der Waals surface area (Å²) in [4.78, 5) is 37.5. The van der Waals surface area contributed by atoms with Gasteiger partial charge in [0.25, 0.3) is 0 Å². The lowest BCUT2D eigenvalue weighted by Gasteiger charge is -2.40. The van der Waals surface area contributed by atoms with Crippen molar-refractivity contribution in [3.8, 4) is 11.3 Å². The van der Waals surface area contributed by atoms with Crippen LogP contribution in [0.2, 0.25) is 0 Å². The topological polar surface area (TPSA) is 113 Å². The Labute approximate surface area is 314 Å². The van der Waals surface area contributed by atoms with E-state index in [4.69, 9.17) is 4.98 Å². The minimum Gasteiger partial charge on any atom is -0.382 e. The van der Waals surface area contributed by atoms with Crippen LogP contribution in [0, 0.1) is 5.92 Å². The second-order valence-corrected chi connectivity index (χ2v) is 16.3. The summed E-state index contributed by atoms with van der Waals surface area (Å²) in [5.41, 5.74) is 7.55. The number of aliphatic hydroxyl groups excluding tert-OH is 1. The summed E-state index contributed by atoms with van der Waals surface area (Å²) in [5, 5.41) is 22.4. The molecule has 10 nitrogen and oxygen atoms in total. The molecule has 0 bridgehead atoms. The highest BCUT2D eigenvalue weighted by molar-refractivity contribution is 7.20. The summed E-state index contributed by atoms with van der Waals surface area (Å²) in [6.45, 7) is 10.3. The lowest BCUT2D eigenvalue weighted by Crippen LogP contribution is -2.49. The van der Waals surface area contributed by atoms with Gasteiger partial charge in [0.15, 0.2) is 0 Å². The first kappa shape index (κ1) is 34.2. The first-order valence-corrected chi connectivity index (χ1v) is 20.0. The second-order valence-electron chi connectivity index (χ2n) is 15.3. The van der Waals surface area contributed by atoms with Crippen molar-refractivity contribution >= 4 is 61.2 Å². The molecule has 2 aromatic heterocycles. The van der Waals surface area contributed by atoms with E-state index in [1.165, 1.54) is 24.2 Å². The van der Waals surface area contributed by atoms with Gasteiger partial charge < -0.3 is 20.2 Å². The highest BCUT2D eigenvalue weighted by Gasteiger charge is 2.29. The van der Waals surface area contributed by atoms with Crippen LogP contribution >= 0.6 is 11.3 Å². The molecule has 0 aliphatic carbocycles. The molecule has 0 saturated carbocycles. The van der Waals surface area contributed by atoms with Crippen molar-refractivity contribution in [2.24, 2.45) is 5.92 Å². The third-order valence-electron chi connectivity index (χ3n) is 11.8. The predicted octanol–water partition coefficient (Wildman–Crippen LogP) is 6.07. The molecule has 0 radical (unpaired) electrons. The van der Waals surface area contributed by atoms with E-state index in [2.05, 4.69) is 110 Å². The minimum absolute atomic E-state index is 0.170. The molecule has 6 heterocycles. The Morgan fingerprint density at radius 2 is 1.55 bits per heavy atom. The van der Waals surface area contributed by atoms with E-state index in [9.17, 15) is 14.7 Å². The smallest absolute Gasteiger partial charge is 0.234 e. The Hall–Kier alpha value is -4.55. The number of hydrogen-bond donors (Lipinski definition) is 4. The first-order chi connectivity index (χ1) is 25.9. The number of anilines is 3. The van der Waals surface area contributed by atoms with Crippen LogP contribution in [0.1, 0.15) is 55.2 Å². The highest BCUT2D eigenvalue weighted by Crippen LogP contribution is 2.43. The number of piperidine rings is 2. The van der Waals surface area contributed by atoms with Crippen LogP contribution in [0.5, 0.6) is 0 Å². The van der Waals surface area contributed by atoms with Crippen LogP contribution in [-0.4, -0.2) is 85.2 Å². The summed E-state index contributed by atoms with van der Waals surface area (Å²) < 4.78 is 1.16. The average molecular weight is 730 g/mol. The number of carbonyl (C=O) groups is 2. The normalized spacial score (nSPS) is 23.2. The van der Waals surface area contributed by atoms with Crippen LogP contribution in [0.25, 0.3) is 32.2 Å². The van der Waals surface area contributed by atoms with Gasteiger partial charge in [0.2, 0.25) is 11.8 Å². The number of amides is 2. The summed E-state index contributed by atoms with van der Waals surface area (Å²) in [7, 11) is 0. The Balaban J connectivity index is 0.777. The average Bonchev–Trinajstić information content (AvgIpc) is 3.50. The molecule has 5 aromatic rings. The molecular formula is C42H47N7O3S. The van der Waals surface area contributed by atoms with E-state index in [1.807, 2.05) is 0 Å². The van der Waals surface area contributed by atoms with Crippen molar-refractivity contribution in [1.29, 1.82) is 0 Å². The molecule has 2 amide bonds. The van der Waals surface area contributed by atoms with Crippen molar-refractivity contribution in [3.05, 3.63) is 83.2 Å². The van der Waals surface area contributed by atoms with E-state index in [0.717, 1.165) is 107 Å². The van der Waals surface area contributed by atoms with Gasteiger partial charge in [-0.25, -0.2) is 4.98 Å². The summed E-state index contributed by atoms with van der Waals surface area (Å²) in [6.07, 6.45) is 2.73. The fourth-order valence-corrected chi connectivity index (χ4v) is 9.85. The standard InChI is InChI=1S/C42H47N7O3S/c1-26-24-43-39-38-33-10-12-34(45-35(33)13-14-36(38)53-40(39)42(52)44-26)29-4-8-30(9-5-29)48-18-16-27(17-19-48)25-47-20-22-49(23-21-47)31-6-2-28(3-7-31)32-11-15-37(50)46-41(32)51/h2-10,12-14,26-27,32,42-44,52H,11,15-25H2,1H3,(H,46,50,51)/t26-,32?,42?/m1/s1. The van der Waals surface area contributed by atoms with Crippen LogP contribution in [0.4, 0.5) is 17.1 Å². The van der Waals surface area contributed by atoms with E-state index in [0.29, 0.717) is 12.8 Å². The summed E-state index contributed by atoms with van der Waals surface area (Å²) in [5.74, 6) is 0.138. The summed E-state index contributed by atoms with van der Waals surface area (Å²) in [6, 6.07) is 26.0. The fourth-order valence-electron chi connectivity index (χ4n) is 8.71. The number of hydrogen-bond acceptors (Lipinski definition) is 10. The van der Waals surface area contributed by atoms with Crippen molar-refractivity contribution in [1.82, 2.24) is 20.5 Å². The number of aromatic nitrogens is 1. The quantitative estimate of drug-likeness (QED) is 0.155. The second kappa shape index (κ2) is 14.4. The Kier molecular flexibility index (Phi) is 9.27. The molecule has 3 aromatic carbocycles. The number of piperazine rings is 1. The van der Waals surface area contributed by atoms with E-state index >= 15 is 0 Å². The third-order valence-corrected chi connectivity index (χ3v) is 13.0. The fraction of sp³-hybridized carbons (Fsp3) is 0.405. The predicted molar refractivity (Wildman–Crippen MR) is 214 cm³/mol. The van der Waals surface area contributed by atoms with Crippen molar-refractivity contribution in [2.45, 2.75) is 50.8 Å². The SMILES string of the molecule is C[C@@H]1CNc2c(sc3ccc4nc(-c5ccc(N6CCC(CN7CCN(c8ccc(C9CCC(=O)NC9=O)cc8)CC7)CC6)cc5)ccc4c23)C(O)N1. The van der Waals surface area contributed by atoms with Gasteiger partial charge in [-0.3, -0.25) is 25.1 Å². The molecule has 9 rings (SSSR count). The molecule has 53 heavy (non-hydrogen) atoms. The molecule has 274 valence electrons. The maximum Gasteiger partial charge on any atom is 0.234 e. The molecule has 4 N–H and O–H groups in total. The number of benzene rings is 3. The van der Waals surface area contributed by atoms with E-state index in [1.54, 1.807) is 11.3 Å². The van der Waals surface area contributed by atoms with Crippen LogP contribution in [0.3, 0.4) is 0 Å². The molecule has 3 fully saturated rings. The zero-order chi connectivity index (χ0) is 36.1. The largest absolute Gasteiger partial charge is 0.382 e. The molecule has 2 unspecified atom stereocenters. The number of rotatable bonds is 6. The van der Waals surface area contributed by atoms with Crippen molar-refractivity contribution in [2.75, 3.05) is 67.5 Å². The maximum atomic E-state index is 12.3. The van der Waals surface area contributed by atoms with Gasteiger partial charge >= 0.3 is 0 Å². The monoisotopic (exact) mass is 729 g/mol. The lowest BCUT2D eigenvalue weighted by atomic mass is 9.90. The van der Waals surface area contributed by atoms with Gasteiger partial charge in [-0.15, -0.1) is 11.3 Å². The van der Waals surface area contributed by atoms with Crippen molar-refractivity contribution < 1.29 is 14.7 Å². The van der Waals surface area contributed by atoms with Gasteiger partial charge in [0.05, 0.1) is 27.7 Å². The minimum atomic E-state index is -0.673. The van der Waals surface area contributed by atoms with Crippen LogP contribution in [-0.2, 0) is 9.59 Å². The Morgan fingerprint density at radius 1 is 0.830 bits per heavy atom. The third kappa shape index (κ3) is 6.87. The number of pyridine rings is 1. The summed E-state index contributed by atoms with van der Waals surface area (Å²) >= 11 is 1.64. The number of fused-ring (bicyclic) bond motifs is 5. The van der Waals surface area contributed by atoms with Crippen molar-refractivity contribution in [3.63, 3.8) is 0 Å². The van der Waals surface area contributed by atoms with Gasteiger partial charge in [-0.1, -0.05) is 24.3 Å². The van der Waals surface area contributed by atoms with Gasteiger partial charge in [-0.2, -0.15) is 0 Å². The molecular weight excluding hydrogens is 683 g/mol. The van der Waals surface area contributed by atoms with E-state index < -0.39 is 6.23 Å². The number of imide groups is 1. The Morgan fingerprint density at radius 3 is 2.28 bits per heavy atom. The van der Waals surface area contributed by atoms with E-state index in [-0.39, 0.29) is 23.8 Å². The maximum absolute atomic E-state index is 12.3. The van der Waals surface area contributed by atoms with Gasteiger partial charge in [0.1, 0.15) is 6.23 Å². The number of nitrogens with one attached hydrogen (secondary N) is 3. The number of nitrogens with zero attached hydrogens (tertiary/aromatic N) is 4. The zero-order valence-electron chi connectivity index (χ0n) is 30.2. The number of thiophene rings is 1. The van der Waals surface area contributed by atoms with Crippen LogP contribution in [0.15, 0.2) is 72.8 Å². The molecule has 3 atom stereocenters. The molecule has 3 saturated heterocycles. The highest BCUT2D eigenvalue weighted by atomic mass is 32.1. The molecule has 4 aliphatic heterocycles. The van der Waals surface area contributed by atoms with Gasteiger partial charge in [-0.05, 0) is 86.2 Å². The van der Waals surface area contributed by atoms with Gasteiger partial charge in [0, 0.05) is 97.2 Å². The molecule has 0 spiro atoms. The number of carbonyl (C=O) groups excluding carboxylic acids is 2. The molecule has 11 heteroatoms.